The highest BCUT2D eigenvalue weighted by molar-refractivity contribution is 5.94. The van der Waals surface area contributed by atoms with Gasteiger partial charge in [-0.05, 0) is 45.1 Å². The summed E-state index contributed by atoms with van der Waals surface area (Å²) in [7, 11) is 0. The van der Waals surface area contributed by atoms with Crippen LogP contribution in [0.5, 0.6) is 0 Å². The summed E-state index contributed by atoms with van der Waals surface area (Å²) in [6.07, 6.45) is -0.450. The fraction of sp³-hybridized carbons (Fsp3) is 0.667. The van der Waals surface area contributed by atoms with Crippen molar-refractivity contribution in [2.24, 2.45) is 27.9 Å². The number of aliphatic carboxylic acids is 3. The van der Waals surface area contributed by atoms with Crippen molar-refractivity contribution in [3.8, 4) is 0 Å². The Balaban J connectivity index is 5.66. The lowest BCUT2D eigenvalue weighted by Crippen LogP contribution is -2.57. The minimum atomic E-state index is -1.52. The number of nitrogens with two attached hydrogens (primary N) is 4. The van der Waals surface area contributed by atoms with Crippen LogP contribution in [0.4, 0.5) is 0 Å². The van der Waals surface area contributed by atoms with E-state index in [9.17, 15) is 33.9 Å². The van der Waals surface area contributed by atoms with Crippen LogP contribution in [0.25, 0.3) is 0 Å². The third-order valence-electron chi connectivity index (χ3n) is 5.15. The molecule has 17 nitrogen and oxygen atoms in total. The number of aliphatic imine (C=N–C) groups is 1. The van der Waals surface area contributed by atoms with Gasteiger partial charge in [-0.1, -0.05) is 0 Å². The molecule has 0 bridgehead atoms. The molecule has 0 aromatic carbocycles. The van der Waals surface area contributed by atoms with Crippen LogP contribution >= 0.6 is 0 Å². The molecule has 0 aliphatic carbocycles. The molecule has 0 aliphatic heterocycles. The summed E-state index contributed by atoms with van der Waals surface area (Å²) in [4.78, 5) is 75.2. The minimum Gasteiger partial charge on any atom is -0.481 e. The van der Waals surface area contributed by atoms with Crippen molar-refractivity contribution in [3.05, 3.63) is 0 Å². The third kappa shape index (κ3) is 15.2. The van der Waals surface area contributed by atoms with Crippen molar-refractivity contribution >= 4 is 41.6 Å². The highest BCUT2D eigenvalue weighted by atomic mass is 16.4. The Labute approximate surface area is 218 Å². The van der Waals surface area contributed by atoms with Crippen LogP contribution in [0, 0.1) is 0 Å². The van der Waals surface area contributed by atoms with E-state index in [-0.39, 0.29) is 38.2 Å². The largest absolute Gasteiger partial charge is 0.481 e. The molecule has 17 heteroatoms. The van der Waals surface area contributed by atoms with Gasteiger partial charge in [0.05, 0.1) is 12.5 Å². The third-order valence-corrected chi connectivity index (χ3v) is 5.15. The van der Waals surface area contributed by atoms with Crippen molar-refractivity contribution in [2.75, 3.05) is 13.1 Å². The summed E-state index contributed by atoms with van der Waals surface area (Å²) in [5.41, 5.74) is 21.6. The number of nitrogens with one attached hydrogen (secondary N) is 3. The maximum atomic E-state index is 13.1. The molecule has 14 N–H and O–H groups in total. The minimum absolute atomic E-state index is 0.0123. The molecule has 4 atom stereocenters. The zero-order chi connectivity index (χ0) is 29.3. The van der Waals surface area contributed by atoms with Crippen molar-refractivity contribution in [3.63, 3.8) is 0 Å². The van der Waals surface area contributed by atoms with E-state index < -0.39 is 72.6 Å². The zero-order valence-electron chi connectivity index (χ0n) is 20.9. The van der Waals surface area contributed by atoms with Crippen molar-refractivity contribution < 1.29 is 44.1 Å². The van der Waals surface area contributed by atoms with E-state index in [2.05, 4.69) is 20.9 Å². The molecule has 0 saturated heterocycles. The molecule has 0 fully saturated rings. The number of carbonyl (C=O) groups is 6. The number of hydrogen-bond acceptors (Lipinski definition) is 9. The first-order valence-electron chi connectivity index (χ1n) is 11.9. The highest BCUT2D eigenvalue weighted by Crippen LogP contribution is 2.07. The maximum Gasteiger partial charge on any atom is 0.326 e. The maximum absolute atomic E-state index is 13.1. The van der Waals surface area contributed by atoms with E-state index in [1.807, 2.05) is 0 Å². The lowest BCUT2D eigenvalue weighted by atomic mass is 10.0. The summed E-state index contributed by atoms with van der Waals surface area (Å²) in [6, 6.07) is -5.47. The van der Waals surface area contributed by atoms with Gasteiger partial charge in [-0.15, -0.1) is 0 Å². The Bertz CT molecular complexity index is 864. The lowest BCUT2D eigenvalue weighted by Gasteiger charge is -2.25. The smallest absolute Gasteiger partial charge is 0.326 e. The number of carbonyl (C=O) groups excluding carboxylic acids is 3. The van der Waals surface area contributed by atoms with E-state index in [1.54, 1.807) is 0 Å². The molecule has 0 spiro atoms. The van der Waals surface area contributed by atoms with Crippen LogP contribution in [0.1, 0.15) is 51.4 Å². The molecule has 0 radical (unpaired) electrons. The number of unbranched alkanes of at least 4 members (excludes halogenated alkanes) is 1. The molecule has 0 aromatic heterocycles. The number of amides is 3. The first kappa shape index (κ1) is 34.0. The molecule has 38 heavy (non-hydrogen) atoms. The van der Waals surface area contributed by atoms with Gasteiger partial charge in [-0.25, -0.2) is 4.79 Å². The Morgan fingerprint density at radius 2 is 1.24 bits per heavy atom. The summed E-state index contributed by atoms with van der Waals surface area (Å²) < 4.78 is 0. The quantitative estimate of drug-likeness (QED) is 0.0401. The van der Waals surface area contributed by atoms with Gasteiger partial charge in [-0.3, -0.25) is 29.0 Å². The molecular weight excluding hydrogens is 508 g/mol. The van der Waals surface area contributed by atoms with Crippen molar-refractivity contribution in [2.45, 2.75) is 75.5 Å². The molecule has 0 rings (SSSR count). The van der Waals surface area contributed by atoms with Gasteiger partial charge in [-0.2, -0.15) is 0 Å². The molecular formula is C21H38N8O9. The summed E-state index contributed by atoms with van der Waals surface area (Å²) in [5, 5.41) is 34.0. The average Bonchev–Trinajstić information content (AvgIpc) is 2.81. The number of guanidine groups is 1. The normalized spacial score (nSPS) is 13.7. The predicted octanol–water partition coefficient (Wildman–Crippen LogP) is -3.63. The van der Waals surface area contributed by atoms with Gasteiger partial charge in [0.15, 0.2) is 5.96 Å². The molecule has 4 unspecified atom stereocenters. The number of rotatable bonds is 20. The average molecular weight is 547 g/mol. The molecule has 0 saturated carbocycles. The molecule has 3 amide bonds. The van der Waals surface area contributed by atoms with E-state index in [0.29, 0.717) is 19.4 Å². The first-order chi connectivity index (χ1) is 17.8. The van der Waals surface area contributed by atoms with Crippen LogP contribution in [-0.2, 0) is 28.8 Å². The number of hydrogen-bond donors (Lipinski definition) is 10. The second-order valence-electron chi connectivity index (χ2n) is 8.39. The lowest BCUT2D eigenvalue weighted by molar-refractivity contribution is -0.143. The number of nitrogens with zero attached hydrogens (tertiary/aromatic N) is 1. The summed E-state index contributed by atoms with van der Waals surface area (Å²) >= 11 is 0. The Morgan fingerprint density at radius 1 is 0.711 bits per heavy atom. The summed E-state index contributed by atoms with van der Waals surface area (Å²) in [5.74, 6) is -6.84. The van der Waals surface area contributed by atoms with Crippen molar-refractivity contribution in [1.29, 1.82) is 0 Å². The van der Waals surface area contributed by atoms with E-state index in [4.69, 9.17) is 33.1 Å². The van der Waals surface area contributed by atoms with Crippen LogP contribution in [0.3, 0.4) is 0 Å². The molecule has 216 valence electrons. The SMILES string of the molecule is NCCCCC(NC(=O)C(CCCN=C(N)N)NC(=O)C(N)CC(=O)O)C(=O)NC(CCC(=O)O)C(=O)O. The fourth-order valence-corrected chi connectivity index (χ4v) is 3.16. The number of carboxylic acids is 3. The number of carboxylic acid groups (broad SMARTS) is 3. The van der Waals surface area contributed by atoms with Crippen LogP contribution in [0.15, 0.2) is 4.99 Å². The Kier molecular flexibility index (Phi) is 16.4. The highest BCUT2D eigenvalue weighted by Gasteiger charge is 2.30. The van der Waals surface area contributed by atoms with E-state index in [0.717, 1.165) is 0 Å². The van der Waals surface area contributed by atoms with Gasteiger partial charge in [0.25, 0.3) is 0 Å². The van der Waals surface area contributed by atoms with E-state index in [1.165, 1.54) is 0 Å². The van der Waals surface area contributed by atoms with Gasteiger partial charge in [0.1, 0.15) is 18.1 Å². The standard InChI is InChI=1S/C21H38N8O9/c22-8-2-1-4-12(19(36)29-14(20(37)38)6-7-15(30)31)28-18(35)13(5-3-9-26-21(24)25)27-17(34)11(23)10-16(32)33/h11-14H,1-10,22-23H2,(H,27,34)(H,28,35)(H,29,36)(H,30,31)(H,32,33)(H,37,38)(H4,24,25,26). The second kappa shape index (κ2) is 18.3. The topological polar surface area (TPSA) is 316 Å². The first-order valence-corrected chi connectivity index (χ1v) is 11.9. The summed E-state index contributed by atoms with van der Waals surface area (Å²) in [6.45, 7) is 0.400. The molecule has 0 aliphatic rings. The van der Waals surface area contributed by atoms with Crippen molar-refractivity contribution in [1.82, 2.24) is 16.0 Å². The fourth-order valence-electron chi connectivity index (χ4n) is 3.16. The van der Waals surface area contributed by atoms with Gasteiger partial charge in [0, 0.05) is 13.0 Å². The van der Waals surface area contributed by atoms with Crippen LogP contribution in [0.2, 0.25) is 0 Å². The zero-order valence-corrected chi connectivity index (χ0v) is 20.9. The predicted molar refractivity (Wildman–Crippen MR) is 133 cm³/mol. The molecule has 0 aromatic rings. The monoisotopic (exact) mass is 546 g/mol. The van der Waals surface area contributed by atoms with E-state index >= 15 is 0 Å². The van der Waals surface area contributed by atoms with Gasteiger partial charge in [0.2, 0.25) is 17.7 Å². The Morgan fingerprint density at radius 3 is 1.71 bits per heavy atom. The molecule has 0 heterocycles. The Hall–Kier alpha value is -3.99. The van der Waals surface area contributed by atoms with Crippen LogP contribution in [-0.4, -0.2) is 94.2 Å². The van der Waals surface area contributed by atoms with Gasteiger partial charge < -0.3 is 54.2 Å². The van der Waals surface area contributed by atoms with Crippen LogP contribution < -0.4 is 38.9 Å². The van der Waals surface area contributed by atoms with Gasteiger partial charge >= 0.3 is 17.9 Å². The second-order valence-corrected chi connectivity index (χ2v) is 8.39.